The number of hydrogen-bond donors (Lipinski definition) is 2. The topological polar surface area (TPSA) is 83.4 Å². The highest BCUT2D eigenvalue weighted by atomic mass is 33.1. The Hall–Kier alpha value is -2.41. The monoisotopic (exact) mass is 569 g/mol. The summed E-state index contributed by atoms with van der Waals surface area (Å²) in [4.78, 5) is 17.4. The summed E-state index contributed by atoms with van der Waals surface area (Å²) < 4.78 is 49.6. The van der Waals surface area contributed by atoms with Gasteiger partial charge in [0.15, 0.2) is 0 Å². The van der Waals surface area contributed by atoms with Crippen LogP contribution < -0.4 is 14.8 Å². The Morgan fingerprint density at radius 3 is 2.66 bits per heavy atom. The molecule has 0 aromatic heterocycles. The van der Waals surface area contributed by atoms with Crippen molar-refractivity contribution >= 4 is 33.5 Å². The van der Waals surface area contributed by atoms with Gasteiger partial charge >= 0.3 is 6.36 Å². The summed E-state index contributed by atoms with van der Waals surface area (Å²) in [6.07, 6.45) is -2.19. The molecule has 0 atom stereocenters. The van der Waals surface area contributed by atoms with Crippen molar-refractivity contribution in [1.29, 1.82) is 0 Å². The molecule has 7 nitrogen and oxygen atoms in total. The van der Waals surface area contributed by atoms with E-state index in [2.05, 4.69) is 32.3 Å². The van der Waals surface area contributed by atoms with Gasteiger partial charge in [-0.3, -0.25) is 9.79 Å². The average Bonchev–Trinajstić information content (AvgIpc) is 3.19. The molecule has 0 radical (unpaired) electrons. The van der Waals surface area contributed by atoms with E-state index < -0.39 is 11.9 Å². The number of carbonyl (C=O) groups excluding carboxylic acids is 1. The maximum atomic E-state index is 12.8. The van der Waals surface area contributed by atoms with Gasteiger partial charge in [-0.1, -0.05) is 29.0 Å². The molecule has 206 valence electrons. The lowest BCUT2D eigenvalue weighted by atomic mass is 9.89. The fraction of sp³-hybridized carbons (Fsp3) is 0.462. The molecule has 38 heavy (non-hydrogen) atoms. The lowest BCUT2D eigenvalue weighted by Crippen LogP contribution is -2.47. The SMILES string of the molecule is Cc1cc(OCCCO)ccc1CCSSN1CCC2(CC1)N=C(c1cccc(OC(F)(F)F)c1)NC2=O. The number of alkyl halides is 3. The highest BCUT2D eigenvalue weighted by Crippen LogP contribution is 2.37. The van der Waals surface area contributed by atoms with Crippen LogP contribution >= 0.6 is 21.8 Å². The minimum atomic E-state index is -4.79. The third kappa shape index (κ3) is 7.58. The zero-order chi connectivity index (χ0) is 27.2. The van der Waals surface area contributed by atoms with Gasteiger partial charge in [0.2, 0.25) is 0 Å². The quantitative estimate of drug-likeness (QED) is 0.226. The third-order valence-electron chi connectivity index (χ3n) is 6.37. The fourth-order valence-corrected chi connectivity index (χ4v) is 6.55. The van der Waals surface area contributed by atoms with Gasteiger partial charge in [0.1, 0.15) is 22.9 Å². The van der Waals surface area contributed by atoms with Gasteiger partial charge < -0.3 is 19.9 Å². The van der Waals surface area contributed by atoms with Crippen molar-refractivity contribution in [2.75, 3.05) is 32.1 Å². The van der Waals surface area contributed by atoms with Gasteiger partial charge in [0.05, 0.1) is 6.61 Å². The Morgan fingerprint density at radius 2 is 1.95 bits per heavy atom. The van der Waals surface area contributed by atoms with Crippen LogP contribution in [-0.4, -0.2) is 65.1 Å². The summed E-state index contributed by atoms with van der Waals surface area (Å²) in [6.45, 7) is 4.04. The number of aliphatic hydroxyl groups excluding tert-OH is 1. The number of ether oxygens (including phenoxy) is 2. The van der Waals surface area contributed by atoms with Crippen molar-refractivity contribution in [2.45, 2.75) is 44.5 Å². The van der Waals surface area contributed by atoms with Crippen LogP contribution in [0.3, 0.4) is 0 Å². The minimum absolute atomic E-state index is 0.115. The first-order chi connectivity index (χ1) is 18.2. The molecule has 1 spiro atoms. The van der Waals surface area contributed by atoms with Crippen LogP contribution in [-0.2, 0) is 11.2 Å². The number of benzene rings is 2. The van der Waals surface area contributed by atoms with Crippen LogP contribution in [0.15, 0.2) is 47.5 Å². The number of halogens is 3. The van der Waals surface area contributed by atoms with E-state index >= 15 is 0 Å². The van der Waals surface area contributed by atoms with Gasteiger partial charge in [0.25, 0.3) is 5.91 Å². The number of hydrogen-bond acceptors (Lipinski definition) is 8. The average molecular weight is 570 g/mol. The second kappa shape index (κ2) is 12.6. The fourth-order valence-electron chi connectivity index (χ4n) is 4.32. The van der Waals surface area contributed by atoms with Crippen LogP contribution in [0.4, 0.5) is 13.2 Å². The van der Waals surface area contributed by atoms with E-state index in [9.17, 15) is 18.0 Å². The van der Waals surface area contributed by atoms with E-state index in [0.717, 1.165) is 17.9 Å². The summed E-state index contributed by atoms with van der Waals surface area (Å²) in [5.74, 6) is 1.45. The van der Waals surface area contributed by atoms with E-state index in [0.29, 0.717) is 44.5 Å². The Labute approximate surface area is 227 Å². The molecule has 2 heterocycles. The van der Waals surface area contributed by atoms with Crippen LogP contribution in [0.25, 0.3) is 0 Å². The number of amidine groups is 1. The predicted octanol–water partition coefficient (Wildman–Crippen LogP) is 4.90. The molecule has 2 aromatic rings. The second-order valence-corrected chi connectivity index (χ2v) is 11.6. The highest BCUT2D eigenvalue weighted by molar-refractivity contribution is 8.75. The Bertz CT molecular complexity index is 1150. The maximum absolute atomic E-state index is 12.8. The number of piperidine rings is 1. The van der Waals surface area contributed by atoms with E-state index in [1.54, 1.807) is 27.8 Å². The zero-order valence-corrected chi connectivity index (χ0v) is 22.6. The van der Waals surface area contributed by atoms with Gasteiger partial charge in [-0.15, -0.1) is 13.2 Å². The van der Waals surface area contributed by atoms with E-state index in [-0.39, 0.29) is 24.1 Å². The van der Waals surface area contributed by atoms with Crippen molar-refractivity contribution in [3.8, 4) is 11.5 Å². The van der Waals surface area contributed by atoms with Gasteiger partial charge in [-0.25, -0.2) is 4.31 Å². The number of rotatable bonds is 11. The standard InChI is InChI=1S/C26H30F3N3O4S2/c1-18-16-21(35-14-3-13-33)7-6-19(18)8-15-37-38-32-11-9-25(10-12-32)24(34)30-23(31-25)20-4-2-5-22(17-20)36-26(27,28)29/h2,4-7,16-17,33H,3,8-15H2,1H3,(H,30,31,34). The van der Waals surface area contributed by atoms with E-state index in [4.69, 9.17) is 9.84 Å². The predicted molar refractivity (Wildman–Crippen MR) is 143 cm³/mol. The van der Waals surface area contributed by atoms with Crippen LogP contribution in [0.2, 0.25) is 0 Å². The molecule has 2 aromatic carbocycles. The molecule has 2 aliphatic rings. The Kier molecular flexibility index (Phi) is 9.50. The summed E-state index contributed by atoms with van der Waals surface area (Å²) >= 11 is 0. The van der Waals surface area contributed by atoms with Crippen LogP contribution in [0, 0.1) is 6.92 Å². The molecule has 0 bridgehead atoms. The number of carbonyl (C=O) groups is 1. The molecule has 0 unspecified atom stereocenters. The minimum Gasteiger partial charge on any atom is -0.493 e. The molecule has 1 saturated heterocycles. The number of amides is 1. The summed E-state index contributed by atoms with van der Waals surface area (Å²) in [7, 11) is 3.45. The smallest absolute Gasteiger partial charge is 0.493 e. The maximum Gasteiger partial charge on any atom is 0.573 e. The summed E-state index contributed by atoms with van der Waals surface area (Å²) in [6, 6.07) is 11.5. The first-order valence-electron chi connectivity index (χ1n) is 12.3. The summed E-state index contributed by atoms with van der Waals surface area (Å²) in [5, 5.41) is 11.6. The molecule has 0 aliphatic carbocycles. The zero-order valence-electron chi connectivity index (χ0n) is 20.9. The third-order valence-corrected chi connectivity index (χ3v) is 8.87. The number of aryl methyl sites for hydroxylation is 2. The highest BCUT2D eigenvalue weighted by Gasteiger charge is 2.46. The molecular formula is C26H30F3N3O4S2. The molecule has 4 rings (SSSR count). The van der Waals surface area contributed by atoms with Crippen molar-refractivity contribution in [2.24, 2.45) is 4.99 Å². The van der Waals surface area contributed by atoms with Crippen molar-refractivity contribution < 1.29 is 32.5 Å². The van der Waals surface area contributed by atoms with Crippen LogP contribution in [0.5, 0.6) is 11.5 Å². The molecule has 0 saturated carbocycles. The van der Waals surface area contributed by atoms with Crippen molar-refractivity contribution in [1.82, 2.24) is 9.62 Å². The largest absolute Gasteiger partial charge is 0.573 e. The van der Waals surface area contributed by atoms with Gasteiger partial charge in [-0.2, -0.15) is 0 Å². The molecule has 1 amide bonds. The normalized spacial score (nSPS) is 17.4. The van der Waals surface area contributed by atoms with E-state index in [1.807, 2.05) is 12.1 Å². The number of aliphatic hydroxyl groups is 1. The number of nitrogens with one attached hydrogen (secondary N) is 1. The van der Waals surface area contributed by atoms with Crippen molar-refractivity contribution in [3.63, 3.8) is 0 Å². The molecular weight excluding hydrogens is 539 g/mol. The second-order valence-electron chi connectivity index (χ2n) is 9.11. The lowest BCUT2D eigenvalue weighted by Gasteiger charge is -2.34. The van der Waals surface area contributed by atoms with Crippen LogP contribution in [0.1, 0.15) is 36.0 Å². The van der Waals surface area contributed by atoms with Gasteiger partial charge in [-0.05, 0) is 72.6 Å². The Balaban J connectivity index is 1.24. The molecule has 1 fully saturated rings. The lowest BCUT2D eigenvalue weighted by molar-refractivity contribution is -0.274. The number of aliphatic imine (C=N–C) groups is 1. The molecule has 12 heteroatoms. The van der Waals surface area contributed by atoms with E-state index in [1.165, 1.54) is 29.3 Å². The molecule has 2 aliphatic heterocycles. The van der Waals surface area contributed by atoms with Gasteiger partial charge in [0, 0.05) is 37.4 Å². The number of nitrogens with zero attached hydrogens (tertiary/aromatic N) is 2. The van der Waals surface area contributed by atoms with Crippen molar-refractivity contribution in [3.05, 3.63) is 59.2 Å². The Morgan fingerprint density at radius 1 is 1.16 bits per heavy atom. The molecule has 2 N–H and O–H groups in total. The first-order valence-corrected chi connectivity index (χ1v) is 14.6. The summed E-state index contributed by atoms with van der Waals surface area (Å²) in [5.41, 5.74) is 1.92. The first kappa shape index (κ1) is 28.6.